The van der Waals surface area contributed by atoms with Crippen molar-refractivity contribution in [2.75, 3.05) is 13.2 Å². The molecule has 1 unspecified atom stereocenters. The van der Waals surface area contributed by atoms with E-state index in [1.165, 1.54) is 77.0 Å². The zero-order chi connectivity index (χ0) is 47.2. The molecule has 1 atom stereocenters. The Kier molecular flexibility index (Phi) is 50.0. The van der Waals surface area contributed by atoms with Gasteiger partial charge in [0.15, 0.2) is 6.10 Å². The van der Waals surface area contributed by atoms with E-state index in [1.54, 1.807) is 0 Å². The Labute approximate surface area is 400 Å². The molecule has 0 aromatic rings. The first kappa shape index (κ1) is 61.3. The summed E-state index contributed by atoms with van der Waals surface area (Å²) in [5, 5.41) is 0. The first-order chi connectivity index (χ1) is 32.0. The summed E-state index contributed by atoms with van der Waals surface area (Å²) in [5.41, 5.74) is 0. The summed E-state index contributed by atoms with van der Waals surface area (Å²) in [5.74, 6) is -0.945. The first-order valence-corrected chi connectivity index (χ1v) is 26.7. The third-order valence-corrected chi connectivity index (χ3v) is 11.1. The molecular weight excluding hydrogens is 805 g/mol. The van der Waals surface area contributed by atoms with Crippen LogP contribution in [0.25, 0.3) is 0 Å². The molecule has 6 nitrogen and oxygen atoms in total. The molecule has 65 heavy (non-hydrogen) atoms. The summed E-state index contributed by atoms with van der Waals surface area (Å²) in [6, 6.07) is 0. The number of hydrogen-bond donors (Lipinski definition) is 0. The van der Waals surface area contributed by atoms with Crippen LogP contribution >= 0.6 is 0 Å². The van der Waals surface area contributed by atoms with Crippen LogP contribution in [0.2, 0.25) is 0 Å². The van der Waals surface area contributed by atoms with Crippen molar-refractivity contribution in [1.82, 2.24) is 0 Å². The largest absolute Gasteiger partial charge is 0.462 e. The third kappa shape index (κ3) is 51.2. The van der Waals surface area contributed by atoms with Gasteiger partial charge >= 0.3 is 17.9 Å². The average molecular weight is 903 g/mol. The minimum Gasteiger partial charge on any atom is -0.462 e. The van der Waals surface area contributed by atoms with E-state index in [2.05, 4.69) is 118 Å². The Morgan fingerprint density at radius 3 is 0.954 bits per heavy atom. The quantitative estimate of drug-likeness (QED) is 0.0262. The fourth-order valence-corrected chi connectivity index (χ4v) is 7.09. The van der Waals surface area contributed by atoms with Gasteiger partial charge in [-0.3, -0.25) is 14.4 Å². The lowest BCUT2D eigenvalue weighted by atomic mass is 10.1. The van der Waals surface area contributed by atoms with Crippen molar-refractivity contribution >= 4 is 17.9 Å². The van der Waals surface area contributed by atoms with Crippen molar-refractivity contribution in [1.29, 1.82) is 0 Å². The van der Waals surface area contributed by atoms with E-state index in [-0.39, 0.29) is 31.1 Å². The number of rotatable bonds is 47. The van der Waals surface area contributed by atoms with E-state index in [9.17, 15) is 14.4 Å². The van der Waals surface area contributed by atoms with Gasteiger partial charge in [0, 0.05) is 19.3 Å². The Bertz CT molecular complexity index is 1310. The smallest absolute Gasteiger partial charge is 0.306 e. The fraction of sp³-hybridized carbons (Fsp3) is 0.678. The van der Waals surface area contributed by atoms with Crippen LogP contribution < -0.4 is 0 Å². The fourth-order valence-electron chi connectivity index (χ4n) is 7.09. The summed E-state index contributed by atoms with van der Waals surface area (Å²) in [4.78, 5) is 38.0. The van der Waals surface area contributed by atoms with Gasteiger partial charge in [0.2, 0.25) is 0 Å². The highest BCUT2D eigenvalue weighted by Gasteiger charge is 2.19. The highest BCUT2D eigenvalue weighted by molar-refractivity contribution is 5.71. The van der Waals surface area contributed by atoms with Gasteiger partial charge < -0.3 is 14.2 Å². The molecule has 0 rings (SSSR count). The molecule has 0 heterocycles. The van der Waals surface area contributed by atoms with E-state index < -0.39 is 6.10 Å². The molecule has 0 aliphatic rings. The van der Waals surface area contributed by atoms with Gasteiger partial charge in [0.05, 0.1) is 0 Å². The maximum Gasteiger partial charge on any atom is 0.306 e. The molecule has 0 radical (unpaired) electrons. The molecule has 0 aromatic heterocycles. The third-order valence-electron chi connectivity index (χ3n) is 11.1. The second-order valence-electron chi connectivity index (χ2n) is 17.4. The maximum atomic E-state index is 12.8. The van der Waals surface area contributed by atoms with Gasteiger partial charge in [-0.2, -0.15) is 0 Å². The second kappa shape index (κ2) is 52.9. The average Bonchev–Trinajstić information content (AvgIpc) is 3.30. The molecule has 0 aliphatic heterocycles. The predicted octanol–water partition coefficient (Wildman–Crippen LogP) is 17.8. The zero-order valence-corrected chi connectivity index (χ0v) is 42.2. The number of carbonyl (C=O) groups excluding carboxylic acids is 3. The van der Waals surface area contributed by atoms with Crippen molar-refractivity contribution < 1.29 is 28.6 Å². The van der Waals surface area contributed by atoms with Crippen molar-refractivity contribution in [2.24, 2.45) is 0 Å². The Morgan fingerprint density at radius 1 is 0.323 bits per heavy atom. The molecule has 0 amide bonds. The maximum absolute atomic E-state index is 12.8. The van der Waals surface area contributed by atoms with Gasteiger partial charge in [-0.1, -0.05) is 201 Å². The Hall–Kier alpha value is -3.67. The number of esters is 3. The van der Waals surface area contributed by atoms with Crippen LogP contribution in [0, 0.1) is 0 Å². The highest BCUT2D eigenvalue weighted by atomic mass is 16.6. The lowest BCUT2D eigenvalue weighted by molar-refractivity contribution is -0.167. The number of hydrogen-bond acceptors (Lipinski definition) is 6. The lowest BCUT2D eigenvalue weighted by Crippen LogP contribution is -2.30. The molecule has 0 aromatic carbocycles. The van der Waals surface area contributed by atoms with E-state index in [1.807, 2.05) is 0 Å². The molecule has 0 bridgehead atoms. The number of allylic oxidation sites excluding steroid dienone is 16. The highest BCUT2D eigenvalue weighted by Crippen LogP contribution is 2.14. The molecule has 0 fully saturated rings. The molecule has 0 spiro atoms. The lowest BCUT2D eigenvalue weighted by Gasteiger charge is -2.18. The molecule has 370 valence electrons. The van der Waals surface area contributed by atoms with Crippen molar-refractivity contribution in [2.45, 2.75) is 245 Å². The van der Waals surface area contributed by atoms with Gasteiger partial charge in [0.1, 0.15) is 13.2 Å². The summed E-state index contributed by atoms with van der Waals surface area (Å²) >= 11 is 0. The summed E-state index contributed by atoms with van der Waals surface area (Å²) in [7, 11) is 0. The summed E-state index contributed by atoms with van der Waals surface area (Å²) in [6.07, 6.45) is 69.6. The monoisotopic (exact) mass is 903 g/mol. The van der Waals surface area contributed by atoms with Crippen LogP contribution in [0.4, 0.5) is 0 Å². The summed E-state index contributed by atoms with van der Waals surface area (Å²) in [6.45, 7) is 6.34. The minimum atomic E-state index is -0.799. The van der Waals surface area contributed by atoms with Crippen molar-refractivity contribution in [3.8, 4) is 0 Å². The van der Waals surface area contributed by atoms with E-state index in [0.29, 0.717) is 19.3 Å². The van der Waals surface area contributed by atoms with Crippen LogP contribution in [0.3, 0.4) is 0 Å². The Balaban J connectivity index is 4.45. The Morgan fingerprint density at radius 2 is 0.600 bits per heavy atom. The molecule has 0 saturated heterocycles. The zero-order valence-electron chi connectivity index (χ0n) is 42.2. The van der Waals surface area contributed by atoms with Crippen molar-refractivity contribution in [3.05, 3.63) is 97.2 Å². The number of unbranched alkanes of at least 4 members (excludes halogenated alkanes) is 20. The van der Waals surface area contributed by atoms with Crippen molar-refractivity contribution in [3.63, 3.8) is 0 Å². The van der Waals surface area contributed by atoms with Crippen LogP contribution in [0.1, 0.15) is 239 Å². The molecule has 0 N–H and O–H groups in total. The SMILES string of the molecule is CC/C=C\C/C=C\C/C=C\CCCCCCCCCC(=O)OCC(COC(=O)CCCCC/C=C\C/C=C\C/C=C\CC)OC(=O)CCCCCCCCC/C=C\C/C=C\CCCCC. The number of carbonyl (C=O) groups is 3. The predicted molar refractivity (Wildman–Crippen MR) is 279 cm³/mol. The van der Waals surface area contributed by atoms with E-state index in [4.69, 9.17) is 14.2 Å². The second-order valence-corrected chi connectivity index (χ2v) is 17.4. The standard InChI is InChI=1S/C59H98O6/c1-4-7-10-13-16-19-22-25-27-29-31-34-37-40-43-46-49-52-58(61)64-55-56(54-63-57(60)51-48-45-42-39-36-33-24-21-18-15-12-9-6-3)65-59(62)53-50-47-44-41-38-35-32-30-28-26-23-20-17-14-11-8-5-2/h7,9-10,12,16-21,25-28,33,36,56H,4-6,8,11,13-15,22-24,29-32,34-35,37-55H2,1-3H3/b10-7-,12-9-,19-16-,20-17-,21-18-,27-25-,28-26-,36-33-. The molecule has 0 aliphatic carbocycles. The molecule has 6 heteroatoms. The van der Waals surface area contributed by atoms with E-state index in [0.717, 1.165) is 122 Å². The van der Waals surface area contributed by atoms with Gasteiger partial charge in [-0.15, -0.1) is 0 Å². The normalized spacial score (nSPS) is 12.8. The topological polar surface area (TPSA) is 78.9 Å². The first-order valence-electron chi connectivity index (χ1n) is 26.7. The summed E-state index contributed by atoms with van der Waals surface area (Å²) < 4.78 is 16.8. The number of ether oxygens (including phenoxy) is 3. The van der Waals surface area contributed by atoms with Crippen LogP contribution in [-0.4, -0.2) is 37.2 Å². The van der Waals surface area contributed by atoms with Crippen LogP contribution in [-0.2, 0) is 28.6 Å². The van der Waals surface area contributed by atoms with Gasteiger partial charge in [0.25, 0.3) is 0 Å². The minimum absolute atomic E-state index is 0.0964. The van der Waals surface area contributed by atoms with Gasteiger partial charge in [-0.25, -0.2) is 0 Å². The van der Waals surface area contributed by atoms with Gasteiger partial charge in [-0.05, 0) is 116 Å². The molecule has 0 saturated carbocycles. The molecular formula is C59H98O6. The van der Waals surface area contributed by atoms with Crippen LogP contribution in [0.5, 0.6) is 0 Å². The van der Waals surface area contributed by atoms with E-state index >= 15 is 0 Å². The van der Waals surface area contributed by atoms with Crippen LogP contribution in [0.15, 0.2) is 97.2 Å².